The fourth-order valence-electron chi connectivity index (χ4n) is 4.46. The number of piperidine rings is 1. The first kappa shape index (κ1) is 25.3. The van der Waals surface area contributed by atoms with E-state index in [0.717, 1.165) is 64.2 Å². The first-order valence-corrected chi connectivity index (χ1v) is 12.5. The van der Waals surface area contributed by atoms with Gasteiger partial charge in [-0.3, -0.25) is 4.90 Å². The topological polar surface area (TPSA) is 62.3 Å². The zero-order chi connectivity index (χ0) is 23.7. The highest BCUT2D eigenvalue weighted by Crippen LogP contribution is 2.24. The zero-order valence-corrected chi connectivity index (χ0v) is 20.6. The number of carbonyl (C=O) groups is 2. The molecule has 184 valence electrons. The number of nitrogens with zero attached hydrogens (tertiary/aromatic N) is 3. The molecule has 0 aromatic heterocycles. The monoisotopic (exact) mass is 459 g/mol. The number of piperazine rings is 1. The molecular weight excluding hydrogens is 418 g/mol. The molecule has 0 radical (unpaired) electrons. The van der Waals surface area contributed by atoms with Gasteiger partial charge < -0.3 is 19.3 Å². The summed E-state index contributed by atoms with van der Waals surface area (Å²) in [6, 6.07) is 9.80. The second-order valence-electron chi connectivity index (χ2n) is 10.3. The lowest BCUT2D eigenvalue weighted by atomic mass is 9.91. The fraction of sp³-hybridized carbons (Fsp3) is 0.692. The van der Waals surface area contributed by atoms with Crippen molar-refractivity contribution in [3.05, 3.63) is 35.9 Å². The number of amides is 2. The van der Waals surface area contributed by atoms with Gasteiger partial charge in [-0.25, -0.2) is 9.59 Å². The second kappa shape index (κ2) is 12.3. The minimum atomic E-state index is -0.429. The molecule has 7 nitrogen and oxygen atoms in total. The molecule has 2 saturated heterocycles. The number of carbonyl (C=O) groups excluding carboxylic acids is 2. The maximum Gasteiger partial charge on any atom is 0.410 e. The third-order valence-corrected chi connectivity index (χ3v) is 6.44. The lowest BCUT2D eigenvalue weighted by Gasteiger charge is -2.34. The van der Waals surface area contributed by atoms with Crippen LogP contribution in [0.15, 0.2) is 30.3 Å². The van der Waals surface area contributed by atoms with Crippen LogP contribution in [0.5, 0.6) is 0 Å². The molecule has 7 heteroatoms. The van der Waals surface area contributed by atoms with Crippen molar-refractivity contribution in [2.45, 2.75) is 65.1 Å². The Labute approximate surface area is 199 Å². The molecule has 3 rings (SSSR count). The van der Waals surface area contributed by atoms with E-state index in [9.17, 15) is 9.59 Å². The average molecular weight is 460 g/mol. The predicted molar refractivity (Wildman–Crippen MR) is 129 cm³/mol. The van der Waals surface area contributed by atoms with Crippen molar-refractivity contribution >= 4 is 12.2 Å². The molecule has 1 aromatic rings. The van der Waals surface area contributed by atoms with Crippen LogP contribution in [0.25, 0.3) is 0 Å². The Hall–Kier alpha value is -2.28. The van der Waals surface area contributed by atoms with Crippen molar-refractivity contribution in [1.29, 1.82) is 0 Å². The number of hydrogen-bond acceptors (Lipinski definition) is 5. The number of ether oxygens (including phenoxy) is 2. The first-order chi connectivity index (χ1) is 15.8. The maximum absolute atomic E-state index is 12.3. The van der Waals surface area contributed by atoms with Gasteiger partial charge in [-0.05, 0) is 58.1 Å². The van der Waals surface area contributed by atoms with Gasteiger partial charge in [0.1, 0.15) is 12.2 Å². The van der Waals surface area contributed by atoms with Crippen molar-refractivity contribution in [1.82, 2.24) is 14.7 Å². The van der Waals surface area contributed by atoms with Gasteiger partial charge in [0.05, 0.1) is 0 Å². The van der Waals surface area contributed by atoms with Gasteiger partial charge in [0.15, 0.2) is 0 Å². The molecule has 1 aromatic carbocycles. The molecule has 0 N–H and O–H groups in total. The van der Waals surface area contributed by atoms with Gasteiger partial charge in [0.2, 0.25) is 0 Å². The molecule has 0 bridgehead atoms. The van der Waals surface area contributed by atoms with Crippen molar-refractivity contribution in [2.24, 2.45) is 5.92 Å². The van der Waals surface area contributed by atoms with Crippen LogP contribution in [0.1, 0.15) is 58.4 Å². The Kier molecular flexibility index (Phi) is 9.41. The van der Waals surface area contributed by atoms with Gasteiger partial charge in [-0.1, -0.05) is 43.2 Å². The van der Waals surface area contributed by atoms with Gasteiger partial charge in [0.25, 0.3) is 0 Å². The van der Waals surface area contributed by atoms with Crippen LogP contribution in [-0.2, 0) is 16.1 Å². The summed E-state index contributed by atoms with van der Waals surface area (Å²) < 4.78 is 10.9. The Morgan fingerprint density at radius 3 is 2.15 bits per heavy atom. The molecule has 0 unspecified atom stereocenters. The lowest BCUT2D eigenvalue weighted by Crippen LogP contribution is -2.49. The van der Waals surface area contributed by atoms with E-state index in [1.54, 1.807) is 0 Å². The van der Waals surface area contributed by atoms with E-state index in [-0.39, 0.29) is 12.2 Å². The molecule has 0 saturated carbocycles. The number of benzene rings is 1. The molecule has 2 amide bonds. The van der Waals surface area contributed by atoms with E-state index in [4.69, 9.17) is 9.47 Å². The second-order valence-corrected chi connectivity index (χ2v) is 10.3. The number of hydrogen-bond donors (Lipinski definition) is 0. The molecule has 33 heavy (non-hydrogen) atoms. The lowest BCUT2D eigenvalue weighted by molar-refractivity contribution is 0.0179. The van der Waals surface area contributed by atoms with E-state index in [1.807, 2.05) is 60.9 Å². The summed E-state index contributed by atoms with van der Waals surface area (Å²) in [6.45, 7) is 12.1. The number of unbranched alkanes of at least 4 members (excludes halogenated alkanes) is 1. The van der Waals surface area contributed by atoms with Crippen LogP contribution < -0.4 is 0 Å². The molecule has 2 heterocycles. The van der Waals surface area contributed by atoms with Crippen molar-refractivity contribution in [3.63, 3.8) is 0 Å². The number of likely N-dealkylation sites (tertiary alicyclic amines) is 1. The summed E-state index contributed by atoms with van der Waals surface area (Å²) in [5.41, 5.74) is 0.585. The van der Waals surface area contributed by atoms with E-state index in [0.29, 0.717) is 12.5 Å². The highest BCUT2D eigenvalue weighted by molar-refractivity contribution is 5.68. The van der Waals surface area contributed by atoms with Crippen LogP contribution in [0.4, 0.5) is 9.59 Å². The summed E-state index contributed by atoms with van der Waals surface area (Å²) >= 11 is 0. The highest BCUT2D eigenvalue weighted by atomic mass is 16.6. The van der Waals surface area contributed by atoms with Crippen molar-refractivity contribution in [2.75, 3.05) is 45.8 Å². The van der Waals surface area contributed by atoms with Gasteiger partial charge in [-0.2, -0.15) is 0 Å². The quantitative estimate of drug-likeness (QED) is 0.550. The van der Waals surface area contributed by atoms with Crippen LogP contribution in [0.3, 0.4) is 0 Å². The summed E-state index contributed by atoms with van der Waals surface area (Å²) in [5.74, 6) is 0.708. The highest BCUT2D eigenvalue weighted by Gasteiger charge is 2.27. The molecule has 0 atom stereocenters. The summed E-state index contributed by atoms with van der Waals surface area (Å²) in [7, 11) is 0. The largest absolute Gasteiger partial charge is 0.445 e. The standard InChI is InChI=1S/C26H41N3O4/c1-26(2,3)33-25(31)28-15-12-22(13-16-28)9-7-8-14-27-17-19-29(20-18-27)24(30)32-21-23-10-5-4-6-11-23/h4-6,10-11,22H,7-9,12-21H2,1-3H3. The Bertz CT molecular complexity index is 734. The average Bonchev–Trinajstić information content (AvgIpc) is 2.80. The Morgan fingerprint density at radius 2 is 1.52 bits per heavy atom. The molecule has 2 aliphatic rings. The molecular formula is C26H41N3O4. The zero-order valence-electron chi connectivity index (χ0n) is 20.6. The Morgan fingerprint density at radius 1 is 0.879 bits per heavy atom. The summed E-state index contributed by atoms with van der Waals surface area (Å²) in [6.07, 6.45) is 5.39. The van der Waals surface area contributed by atoms with Gasteiger partial charge >= 0.3 is 12.2 Å². The Balaban J connectivity index is 1.23. The van der Waals surface area contributed by atoms with Crippen LogP contribution in [0.2, 0.25) is 0 Å². The molecule has 2 fully saturated rings. The normalized spacial score (nSPS) is 18.3. The van der Waals surface area contributed by atoms with Gasteiger partial charge in [-0.15, -0.1) is 0 Å². The third kappa shape index (κ3) is 8.88. The van der Waals surface area contributed by atoms with E-state index >= 15 is 0 Å². The third-order valence-electron chi connectivity index (χ3n) is 6.44. The minimum Gasteiger partial charge on any atom is -0.445 e. The smallest absolute Gasteiger partial charge is 0.410 e. The van der Waals surface area contributed by atoms with Crippen molar-refractivity contribution in [3.8, 4) is 0 Å². The summed E-state index contributed by atoms with van der Waals surface area (Å²) in [4.78, 5) is 30.6. The van der Waals surface area contributed by atoms with E-state index < -0.39 is 5.60 Å². The molecule has 2 aliphatic heterocycles. The minimum absolute atomic E-state index is 0.177. The SMILES string of the molecule is CC(C)(C)OC(=O)N1CCC(CCCCN2CCN(C(=O)OCc3ccccc3)CC2)CC1. The van der Waals surface area contributed by atoms with Crippen molar-refractivity contribution < 1.29 is 19.1 Å². The van der Waals surface area contributed by atoms with Crippen LogP contribution >= 0.6 is 0 Å². The van der Waals surface area contributed by atoms with Gasteiger partial charge in [0, 0.05) is 39.3 Å². The fourth-order valence-corrected chi connectivity index (χ4v) is 4.46. The number of rotatable bonds is 7. The molecule has 0 spiro atoms. The molecule has 0 aliphatic carbocycles. The first-order valence-electron chi connectivity index (χ1n) is 12.5. The van der Waals surface area contributed by atoms with E-state index in [1.165, 1.54) is 19.3 Å². The van der Waals surface area contributed by atoms with E-state index in [2.05, 4.69) is 4.90 Å². The van der Waals surface area contributed by atoms with Crippen LogP contribution in [-0.4, -0.2) is 78.3 Å². The predicted octanol–water partition coefficient (Wildman–Crippen LogP) is 4.76. The van der Waals surface area contributed by atoms with Crippen LogP contribution in [0, 0.1) is 5.92 Å². The summed E-state index contributed by atoms with van der Waals surface area (Å²) in [5, 5.41) is 0. The maximum atomic E-state index is 12.3.